The van der Waals surface area contributed by atoms with Gasteiger partial charge in [0.2, 0.25) is 59.1 Å². The molecule has 0 spiro atoms. The van der Waals surface area contributed by atoms with Crippen molar-refractivity contribution in [2.45, 2.75) is 335 Å². The number of carbonyl (C=O) groups excluding carboxylic acids is 16. The van der Waals surface area contributed by atoms with Crippen molar-refractivity contribution in [2.24, 2.45) is 5.92 Å². The lowest BCUT2D eigenvalue weighted by Crippen LogP contribution is -2.61. The summed E-state index contributed by atoms with van der Waals surface area (Å²) >= 11 is 0. The first-order valence-electron chi connectivity index (χ1n) is 41.8. The van der Waals surface area contributed by atoms with Gasteiger partial charge in [-0.3, -0.25) is 52.7 Å². The first-order chi connectivity index (χ1) is 56.6. The number of carbonyl (C=O) groups is 16. The summed E-state index contributed by atoms with van der Waals surface area (Å²) in [5.74, 6) is -11.1. The maximum atomic E-state index is 15.3. The van der Waals surface area contributed by atoms with Gasteiger partial charge in [0.1, 0.15) is 82.4 Å². The molecule has 0 radical (unpaired) electrons. The number of rotatable bonds is 32. The van der Waals surface area contributed by atoms with Crippen LogP contribution < -0.4 is 85.1 Å². The molecule has 1 heterocycles. The van der Waals surface area contributed by atoms with Crippen molar-refractivity contribution in [2.75, 3.05) is 45.8 Å². The molecule has 2 unspecified atom stereocenters. The standard InChI is InChI=1S/C82H138N16O24/c1-47(2)44-58-69(108)93-56(36-42-87-76(115)121-81(14,15)16)66(105)92-57(37-43-88-77(116)122-82(17,18)19)68(107)97-62(48(3)99)71(110)83-38-32-51(46-89-53(33-39-84-73(112)118-78(5,6)7)64(103)96-59(70(109)95-58)45-50-26-22-20-23-27-50)90-65(104)55(35-41-86-75(114)120-80(11,12)13)94-72(111)63(49(4)100)98-67(106)54(34-40-85-74(113)119-79(8,9)10)91-60(101)30-31-61(102)117-52-28-24-21-25-29-52/h20,22-23,26-27,47-49,51-59,62-63,89,99-100H,21,24-25,28-46H2,1-19H3,(H,83,110)(H,84,112)(H,85,113)(H,86,114)(H,87,115)(H,88,116)(H,90,104)(H,91,101)(H,92,105)(H,93,108)(H,94,111)(H,95,109)(H,96,103)(H,97,107)(H,98,106)/t48?,49?,51-,53-,54-,55-,56-,57-,58-,59+,62-,63-/m0/s1. The second-order valence-electron chi connectivity index (χ2n) is 35.8. The summed E-state index contributed by atoms with van der Waals surface area (Å²) in [7, 11) is 0. The molecule has 15 amide bonds. The molecular formula is C82H138N16O24. The van der Waals surface area contributed by atoms with Gasteiger partial charge in [0.05, 0.1) is 24.7 Å². The van der Waals surface area contributed by atoms with Crippen molar-refractivity contribution in [1.82, 2.24) is 85.1 Å². The van der Waals surface area contributed by atoms with E-state index in [0.29, 0.717) is 18.4 Å². The molecule has 18 N–H and O–H groups in total. The molecule has 0 aromatic heterocycles. The first kappa shape index (κ1) is 106. The van der Waals surface area contributed by atoms with E-state index in [1.807, 2.05) is 0 Å². The van der Waals surface area contributed by atoms with Crippen molar-refractivity contribution in [3.8, 4) is 0 Å². The molecule has 40 heteroatoms. The van der Waals surface area contributed by atoms with Gasteiger partial charge in [-0.1, -0.05) is 50.6 Å². The number of aliphatic hydroxyl groups excluding tert-OH is 2. The summed E-state index contributed by atoms with van der Waals surface area (Å²) in [5, 5.41) is 64.6. The van der Waals surface area contributed by atoms with Crippen LogP contribution in [0.3, 0.4) is 0 Å². The summed E-state index contributed by atoms with van der Waals surface area (Å²) in [6.07, 6.45) is -7.61. The molecule has 1 saturated carbocycles. The van der Waals surface area contributed by atoms with Crippen LogP contribution in [0.15, 0.2) is 30.3 Å². The number of esters is 1. The molecule has 0 bridgehead atoms. The highest BCUT2D eigenvalue weighted by molar-refractivity contribution is 5.98. The zero-order chi connectivity index (χ0) is 92.0. The van der Waals surface area contributed by atoms with Crippen LogP contribution in [0.4, 0.5) is 24.0 Å². The molecule has 3 rings (SSSR count). The number of alkyl carbamates (subject to hydrolysis) is 5. The van der Waals surface area contributed by atoms with Crippen LogP contribution in [0.1, 0.15) is 227 Å². The van der Waals surface area contributed by atoms with Gasteiger partial charge in [-0.2, -0.15) is 0 Å². The third-order valence-electron chi connectivity index (χ3n) is 17.9. The third-order valence-corrected chi connectivity index (χ3v) is 17.9. The zero-order valence-electron chi connectivity index (χ0n) is 74.4. The number of amides is 15. The molecule has 1 aliphatic heterocycles. The summed E-state index contributed by atoms with van der Waals surface area (Å²) in [6.45, 7) is 27.3. The summed E-state index contributed by atoms with van der Waals surface area (Å²) in [4.78, 5) is 226. The average Bonchev–Trinajstić information content (AvgIpc) is 0.932. The fraction of sp³-hybridized carbons (Fsp3) is 0.732. The van der Waals surface area contributed by atoms with Crippen LogP contribution in [0.25, 0.3) is 0 Å². The largest absolute Gasteiger partial charge is 0.462 e. The quantitative estimate of drug-likeness (QED) is 0.0363. The maximum Gasteiger partial charge on any atom is 0.407 e. The minimum Gasteiger partial charge on any atom is -0.462 e. The molecular weight excluding hydrogens is 1590 g/mol. The first-order valence-corrected chi connectivity index (χ1v) is 41.8. The summed E-state index contributed by atoms with van der Waals surface area (Å²) < 4.78 is 32.6. The van der Waals surface area contributed by atoms with Gasteiger partial charge in [0.25, 0.3) is 0 Å². The summed E-state index contributed by atoms with van der Waals surface area (Å²) in [5.41, 5.74) is -4.36. The Kier molecular flexibility index (Phi) is 44.1. The van der Waals surface area contributed by atoms with E-state index in [0.717, 1.165) is 33.1 Å². The fourth-order valence-electron chi connectivity index (χ4n) is 12.2. The molecule has 1 aromatic rings. The fourth-order valence-corrected chi connectivity index (χ4v) is 12.2. The van der Waals surface area contributed by atoms with Crippen molar-refractivity contribution in [3.05, 3.63) is 35.9 Å². The highest BCUT2D eigenvalue weighted by Gasteiger charge is 2.39. The third kappa shape index (κ3) is 45.5. The smallest absolute Gasteiger partial charge is 0.407 e. The Morgan fingerprint density at radius 3 is 1.31 bits per heavy atom. The lowest BCUT2D eigenvalue weighted by atomic mass is 9.98. The van der Waals surface area contributed by atoms with Crippen molar-refractivity contribution >= 4 is 95.5 Å². The van der Waals surface area contributed by atoms with Gasteiger partial charge in [-0.05, 0) is 200 Å². The van der Waals surface area contributed by atoms with Crippen molar-refractivity contribution in [3.63, 3.8) is 0 Å². The van der Waals surface area contributed by atoms with Gasteiger partial charge in [-0.15, -0.1) is 0 Å². The van der Waals surface area contributed by atoms with Crippen molar-refractivity contribution in [1.29, 1.82) is 0 Å². The van der Waals surface area contributed by atoms with Crippen LogP contribution >= 0.6 is 0 Å². The van der Waals surface area contributed by atoms with Gasteiger partial charge in [-0.25, -0.2) is 24.0 Å². The second-order valence-corrected chi connectivity index (χ2v) is 35.8. The Balaban J connectivity index is 2.33. The minimum atomic E-state index is -1.95. The number of ether oxygens (including phenoxy) is 6. The van der Waals surface area contributed by atoms with Crippen molar-refractivity contribution < 1.29 is 115 Å². The Morgan fingerprint density at radius 1 is 0.451 bits per heavy atom. The van der Waals surface area contributed by atoms with Crippen LogP contribution in [0, 0.1) is 5.92 Å². The molecule has 2 fully saturated rings. The van der Waals surface area contributed by atoms with E-state index in [4.69, 9.17) is 28.4 Å². The SMILES string of the molecule is CC(C)C[C@@H]1NC(=O)[C@@H](Cc2ccccc2)NC(=O)[C@H](CCNC(=O)OC(C)(C)C)NC[C@@H](NC(=O)[C@H](CCNC(=O)OC(C)(C)C)NC(=O)[C@@H](NC(=O)[C@H](CCNC(=O)OC(C)(C)C)NC(=O)CCC(=O)OC2CCCCC2)C(C)O)CCNC(=O)[C@H](C(C)O)NC(=O)[C@H](CCNC(=O)OC(C)(C)C)NC(=O)[C@H](CCNC(=O)OC(C)(C)C)NC1=O. The van der Waals surface area contributed by atoms with E-state index in [-0.39, 0.29) is 83.1 Å². The molecule has 1 aliphatic carbocycles. The van der Waals surface area contributed by atoms with Gasteiger partial charge >= 0.3 is 36.4 Å². The highest BCUT2D eigenvalue weighted by Crippen LogP contribution is 2.22. The van der Waals surface area contributed by atoms with Gasteiger partial charge in [0, 0.05) is 64.7 Å². The average molecular weight is 1730 g/mol. The van der Waals surface area contributed by atoms with Crippen LogP contribution in [0.2, 0.25) is 0 Å². The minimum absolute atomic E-state index is 0.0869. The monoisotopic (exact) mass is 1730 g/mol. The number of hydrogen-bond acceptors (Lipinski definition) is 25. The number of benzene rings is 1. The Bertz CT molecular complexity index is 3620. The normalized spacial score (nSPS) is 20.5. The molecule has 1 saturated heterocycles. The van der Waals surface area contributed by atoms with Gasteiger partial charge < -0.3 is 124 Å². The molecule has 2 aliphatic rings. The lowest BCUT2D eigenvalue weighted by molar-refractivity contribution is -0.151. The zero-order valence-corrected chi connectivity index (χ0v) is 74.4. The second kappa shape index (κ2) is 50.9. The molecule has 690 valence electrons. The van der Waals surface area contributed by atoms with Gasteiger partial charge in [0.15, 0.2) is 0 Å². The predicted molar refractivity (Wildman–Crippen MR) is 446 cm³/mol. The topological polar surface area (TPSA) is 561 Å². The summed E-state index contributed by atoms with van der Waals surface area (Å²) in [6, 6.07) is -7.81. The van der Waals surface area contributed by atoms with E-state index in [2.05, 4.69) is 85.1 Å². The molecule has 12 atom stereocenters. The van der Waals surface area contributed by atoms with E-state index in [1.54, 1.807) is 148 Å². The molecule has 40 nitrogen and oxygen atoms in total. The van der Waals surface area contributed by atoms with E-state index < -0.39 is 235 Å². The number of hydrogen-bond donors (Lipinski definition) is 18. The maximum absolute atomic E-state index is 15.3. The van der Waals surface area contributed by atoms with E-state index >= 15 is 14.4 Å². The lowest BCUT2D eigenvalue weighted by Gasteiger charge is -2.29. The Morgan fingerprint density at radius 2 is 0.861 bits per heavy atom. The Hall–Kier alpha value is -10.4. The molecule has 122 heavy (non-hydrogen) atoms. The highest BCUT2D eigenvalue weighted by atomic mass is 16.6. The van der Waals surface area contributed by atoms with E-state index in [9.17, 15) is 72.5 Å². The van der Waals surface area contributed by atoms with Crippen LogP contribution in [-0.4, -0.2) is 258 Å². The molecule has 1 aromatic carbocycles. The van der Waals surface area contributed by atoms with E-state index in [1.165, 1.54) is 0 Å². The predicted octanol–water partition coefficient (Wildman–Crippen LogP) is 2.11. The Labute approximate surface area is 715 Å². The van der Waals surface area contributed by atoms with Crippen LogP contribution in [0.5, 0.6) is 0 Å². The number of nitrogens with one attached hydrogen (secondary N) is 16. The van der Waals surface area contributed by atoms with Crippen LogP contribution in [-0.2, 0) is 87.6 Å². The number of aliphatic hydroxyl groups is 2.